The van der Waals surface area contributed by atoms with Gasteiger partial charge in [0.1, 0.15) is 17.2 Å². The fourth-order valence-corrected chi connectivity index (χ4v) is 11.3. The monoisotopic (exact) mass is 1250 g/mol. The predicted octanol–water partition coefficient (Wildman–Crippen LogP) is 23.5. The average Bonchev–Trinajstić information content (AvgIpc) is 2.78. The molecule has 0 amide bonds. The van der Waals surface area contributed by atoms with E-state index in [1.165, 1.54) is 174 Å². The first kappa shape index (κ1) is 72.6. The molecule has 492 valence electrons. The quantitative estimate of drug-likeness (QED) is 0.0358. The van der Waals surface area contributed by atoms with Gasteiger partial charge in [-0.2, -0.15) is 0 Å². The third-order valence-corrected chi connectivity index (χ3v) is 17.3. The minimum Gasteiger partial charge on any atom is -0.494 e. The fourth-order valence-electron chi connectivity index (χ4n) is 11.3. The number of unbranched alkanes of at least 4 members (excludes halogenated alkanes) is 12. The molecule has 9 aromatic rings. The molecule has 6 aromatic carbocycles. The smallest absolute Gasteiger partial charge is 0.119 e. The molecule has 93 heavy (non-hydrogen) atoms. The molecular weight excluding hydrogens is 1130 g/mol. The third kappa shape index (κ3) is 28.1. The van der Waals surface area contributed by atoms with Gasteiger partial charge < -0.3 is 14.2 Å². The van der Waals surface area contributed by atoms with Crippen molar-refractivity contribution in [3.05, 3.63) is 251 Å². The van der Waals surface area contributed by atoms with Crippen LogP contribution in [-0.2, 0) is 57.8 Å². The van der Waals surface area contributed by atoms with Gasteiger partial charge >= 0.3 is 0 Å². The molecule has 0 aliphatic carbocycles. The van der Waals surface area contributed by atoms with Crippen molar-refractivity contribution in [1.29, 1.82) is 0 Å². The van der Waals surface area contributed by atoms with Crippen LogP contribution >= 0.6 is 0 Å². The Kier molecular flexibility index (Phi) is 34.3. The molecule has 6 nitrogen and oxygen atoms in total. The summed E-state index contributed by atoms with van der Waals surface area (Å²) in [4.78, 5) is 14.0. The molecule has 0 atom stereocenters. The molecule has 0 aliphatic heterocycles. The second kappa shape index (κ2) is 43.9. The van der Waals surface area contributed by atoms with Crippen molar-refractivity contribution in [1.82, 2.24) is 15.0 Å². The largest absolute Gasteiger partial charge is 0.494 e. The van der Waals surface area contributed by atoms with Crippen molar-refractivity contribution < 1.29 is 14.2 Å². The van der Waals surface area contributed by atoms with E-state index >= 15 is 0 Å². The Balaban J connectivity index is 0.000000198. The Bertz CT molecular complexity index is 3320. The highest BCUT2D eigenvalue weighted by atomic mass is 16.5. The van der Waals surface area contributed by atoms with Crippen molar-refractivity contribution in [3.8, 4) is 50.6 Å². The fraction of sp³-hybridized carbons (Fsp3) is 0.414. The number of benzene rings is 6. The predicted molar refractivity (Wildman–Crippen MR) is 395 cm³/mol. The molecule has 0 unspecified atom stereocenters. The normalized spacial score (nSPS) is 10.9. The van der Waals surface area contributed by atoms with Gasteiger partial charge in [0, 0.05) is 35.7 Å². The van der Waals surface area contributed by atoms with Crippen LogP contribution in [-0.4, -0.2) is 34.8 Å². The van der Waals surface area contributed by atoms with E-state index < -0.39 is 0 Å². The summed E-state index contributed by atoms with van der Waals surface area (Å²) in [5.74, 6) is 2.85. The summed E-state index contributed by atoms with van der Waals surface area (Å²) in [6.45, 7) is 15.6. The molecule has 0 aliphatic rings. The minimum atomic E-state index is 0.768. The van der Waals surface area contributed by atoms with E-state index in [2.05, 4.69) is 257 Å². The Hall–Kier alpha value is -7.83. The van der Waals surface area contributed by atoms with Crippen LogP contribution in [0.15, 0.2) is 201 Å². The molecule has 0 saturated heterocycles. The van der Waals surface area contributed by atoms with Gasteiger partial charge in [0.05, 0.1) is 19.8 Å². The lowest BCUT2D eigenvalue weighted by Crippen LogP contribution is -1.97. The summed E-state index contributed by atoms with van der Waals surface area (Å²) in [6, 6.07) is 65.4. The van der Waals surface area contributed by atoms with Crippen LogP contribution in [0, 0.1) is 0 Å². The van der Waals surface area contributed by atoms with E-state index in [4.69, 9.17) is 14.2 Å². The van der Waals surface area contributed by atoms with Crippen LogP contribution in [0.4, 0.5) is 0 Å². The van der Waals surface area contributed by atoms with E-state index in [1.807, 2.05) is 0 Å². The van der Waals surface area contributed by atoms with Gasteiger partial charge in [0.25, 0.3) is 0 Å². The molecule has 0 N–H and O–H groups in total. The van der Waals surface area contributed by atoms with Crippen molar-refractivity contribution in [2.24, 2.45) is 0 Å². The first-order valence-corrected chi connectivity index (χ1v) is 36.1. The summed E-state index contributed by atoms with van der Waals surface area (Å²) in [5.41, 5.74) is 19.1. The number of nitrogens with zero attached hydrogens (tertiary/aromatic N) is 3. The number of pyridine rings is 3. The second-order valence-electron chi connectivity index (χ2n) is 25.2. The zero-order valence-electron chi connectivity index (χ0n) is 57.8. The highest BCUT2D eigenvalue weighted by molar-refractivity contribution is 5.66. The molecule has 0 fully saturated rings. The van der Waals surface area contributed by atoms with Gasteiger partial charge in [0.15, 0.2) is 0 Å². The lowest BCUT2D eigenvalue weighted by atomic mass is 10.0. The number of ether oxygens (including phenoxy) is 3. The number of hydrogen-bond donors (Lipinski definition) is 0. The Morgan fingerprint density at radius 3 is 0.731 bits per heavy atom. The third-order valence-electron chi connectivity index (χ3n) is 17.3. The Labute approximate surface area is 562 Å². The first-order chi connectivity index (χ1) is 45.8. The van der Waals surface area contributed by atoms with Crippen molar-refractivity contribution in [2.75, 3.05) is 19.8 Å². The molecule has 0 radical (unpaired) electrons. The van der Waals surface area contributed by atoms with Crippen LogP contribution in [0.25, 0.3) is 33.4 Å². The summed E-state index contributed by atoms with van der Waals surface area (Å²) in [7, 11) is 0. The Morgan fingerprint density at radius 1 is 0.204 bits per heavy atom. The van der Waals surface area contributed by atoms with Gasteiger partial charge in [0.2, 0.25) is 0 Å². The maximum absolute atomic E-state index is 5.82. The molecule has 9 rings (SSSR count). The van der Waals surface area contributed by atoms with Crippen LogP contribution in [0.2, 0.25) is 0 Å². The number of aryl methyl sites for hydroxylation is 9. The summed E-state index contributed by atoms with van der Waals surface area (Å²) in [5, 5.41) is 0. The summed E-state index contributed by atoms with van der Waals surface area (Å²) < 4.78 is 17.3. The number of rotatable bonds is 39. The number of hydrogen-bond acceptors (Lipinski definition) is 6. The van der Waals surface area contributed by atoms with Gasteiger partial charge in [-0.05, 0) is 218 Å². The molecular formula is C87H111N3O3. The highest BCUT2D eigenvalue weighted by Crippen LogP contribution is 2.27. The van der Waals surface area contributed by atoms with E-state index in [9.17, 15) is 0 Å². The van der Waals surface area contributed by atoms with Crippen LogP contribution in [0.3, 0.4) is 0 Å². The Morgan fingerprint density at radius 2 is 0.462 bits per heavy atom. The van der Waals surface area contributed by atoms with E-state index in [0.717, 1.165) is 121 Å². The second-order valence-corrected chi connectivity index (χ2v) is 25.2. The topological polar surface area (TPSA) is 66.4 Å². The van der Waals surface area contributed by atoms with Crippen molar-refractivity contribution in [2.45, 2.75) is 215 Å². The average molecular weight is 1250 g/mol. The van der Waals surface area contributed by atoms with Crippen molar-refractivity contribution in [3.63, 3.8) is 0 Å². The van der Waals surface area contributed by atoms with Crippen LogP contribution in [0.5, 0.6) is 17.2 Å². The first-order valence-electron chi connectivity index (χ1n) is 36.1. The van der Waals surface area contributed by atoms with Crippen LogP contribution in [0.1, 0.15) is 208 Å². The van der Waals surface area contributed by atoms with Gasteiger partial charge in [-0.15, -0.1) is 0 Å². The molecule has 0 spiro atoms. The van der Waals surface area contributed by atoms with E-state index in [-0.39, 0.29) is 0 Å². The standard InChI is InChI=1S/C30H39NO.C29H37NO.C28H35NO/c1-3-5-7-8-10-26-14-20-29(31-24-26)19-13-25-11-15-27(16-12-25)28-17-21-30(22-18-28)32-23-9-6-4-2;1-3-5-7-8-9-25-13-19-28(30-23-25)18-12-24-10-14-26(15-11-24)27-16-20-29(21-17-27)31-22-6-4-2;1-3-5-6-7-8-24-12-18-27(29-22-24)17-11-23-9-13-25(14-10-23)26-15-19-28(20-16-26)30-21-4-2/h11-12,14-18,20-22,24H,3-10,13,19,23H2,1-2H3;10-11,13-17,19-21,23H,3-9,12,18,22H2,1-2H3;9-10,12-16,18-20,22H,3-8,11,17,21H2,1-2H3. The summed E-state index contributed by atoms with van der Waals surface area (Å²) >= 11 is 0. The molecule has 3 aromatic heterocycles. The molecule has 0 bridgehead atoms. The zero-order valence-corrected chi connectivity index (χ0v) is 57.8. The van der Waals surface area contributed by atoms with E-state index in [1.54, 1.807) is 0 Å². The van der Waals surface area contributed by atoms with E-state index in [0.29, 0.717) is 0 Å². The number of aromatic nitrogens is 3. The minimum absolute atomic E-state index is 0.768. The van der Waals surface area contributed by atoms with Gasteiger partial charge in [-0.1, -0.05) is 246 Å². The van der Waals surface area contributed by atoms with Crippen molar-refractivity contribution >= 4 is 0 Å². The summed E-state index contributed by atoms with van der Waals surface area (Å²) in [6.07, 6.45) is 38.2. The molecule has 6 heteroatoms. The lowest BCUT2D eigenvalue weighted by Gasteiger charge is -2.08. The maximum Gasteiger partial charge on any atom is 0.119 e. The molecule has 3 heterocycles. The zero-order chi connectivity index (χ0) is 65.2. The maximum atomic E-state index is 5.82. The van der Waals surface area contributed by atoms with Gasteiger partial charge in [-0.25, -0.2) is 0 Å². The van der Waals surface area contributed by atoms with Crippen LogP contribution < -0.4 is 14.2 Å². The SMILES string of the molecule is CCCCCCc1ccc(CCc2ccc(-c3ccc(OCCC)cc3)cc2)nc1.CCCCCCc1ccc(CCc2ccc(-c3ccc(OCCCC)cc3)cc2)nc1.CCCCCCc1ccc(CCc2ccc(-c3ccc(OCCCCC)cc3)cc2)nc1. The van der Waals surface area contributed by atoms with Gasteiger partial charge in [-0.3, -0.25) is 15.0 Å². The lowest BCUT2D eigenvalue weighted by molar-refractivity contribution is 0.306. The highest BCUT2D eigenvalue weighted by Gasteiger charge is 2.07. The molecule has 0 saturated carbocycles.